The molecule has 1 aromatic carbocycles. The molecule has 0 unspecified atom stereocenters. The Morgan fingerprint density at radius 3 is 2.61 bits per heavy atom. The van der Waals surface area contributed by atoms with Gasteiger partial charge in [-0.1, -0.05) is 37.6 Å². The maximum absolute atomic E-state index is 12.3. The zero-order valence-corrected chi connectivity index (χ0v) is 13.7. The molecule has 0 atom stereocenters. The van der Waals surface area contributed by atoms with Crippen molar-refractivity contribution < 1.29 is 9.59 Å². The second-order valence-electron chi connectivity index (χ2n) is 5.47. The lowest BCUT2D eigenvalue weighted by Crippen LogP contribution is -2.28. The fourth-order valence-electron chi connectivity index (χ4n) is 1.84. The molecule has 2 amide bonds. The van der Waals surface area contributed by atoms with E-state index in [1.54, 1.807) is 30.3 Å². The Labute approximate surface area is 140 Å². The molecule has 23 heavy (non-hydrogen) atoms. The minimum absolute atomic E-state index is 0.206. The second-order valence-corrected chi connectivity index (χ2v) is 5.87. The highest BCUT2D eigenvalue weighted by atomic mass is 35.5. The monoisotopic (exact) mass is 331 g/mol. The summed E-state index contributed by atoms with van der Waals surface area (Å²) in [6, 6.07) is 9.96. The van der Waals surface area contributed by atoms with Crippen molar-refractivity contribution in [2.75, 3.05) is 11.9 Å². The second kappa shape index (κ2) is 7.74. The van der Waals surface area contributed by atoms with Crippen LogP contribution in [0, 0.1) is 5.92 Å². The predicted octanol–water partition coefficient (Wildman–Crippen LogP) is 3.37. The largest absolute Gasteiger partial charge is 0.350 e. The molecule has 0 spiro atoms. The van der Waals surface area contributed by atoms with Gasteiger partial charge in [0.15, 0.2) is 0 Å². The van der Waals surface area contributed by atoms with Gasteiger partial charge in [-0.05, 0) is 30.2 Å². The first-order chi connectivity index (χ1) is 11.0. The first-order valence-electron chi connectivity index (χ1n) is 7.27. The maximum Gasteiger partial charge on any atom is 0.269 e. The molecule has 1 heterocycles. The van der Waals surface area contributed by atoms with Crippen LogP contribution in [0.1, 0.15) is 34.7 Å². The lowest BCUT2D eigenvalue weighted by Gasteiger charge is -2.09. The van der Waals surface area contributed by atoms with Gasteiger partial charge in [-0.25, -0.2) is 0 Å². The zero-order chi connectivity index (χ0) is 16.8. The van der Waals surface area contributed by atoms with E-state index in [4.69, 9.17) is 11.6 Å². The number of hydrogen-bond acceptors (Lipinski definition) is 3. The van der Waals surface area contributed by atoms with Crippen LogP contribution in [-0.2, 0) is 0 Å². The number of aromatic nitrogens is 1. The van der Waals surface area contributed by atoms with E-state index >= 15 is 0 Å². The van der Waals surface area contributed by atoms with Gasteiger partial charge in [0.25, 0.3) is 11.8 Å². The first-order valence-corrected chi connectivity index (χ1v) is 7.65. The number of pyridine rings is 1. The first kappa shape index (κ1) is 17.0. The molecule has 2 aromatic rings. The number of nitrogens with one attached hydrogen (secondary N) is 2. The SMILES string of the molecule is CC(C)CNC(=O)c1cc(C(=O)Nc2ccccc2Cl)ccn1. The van der Waals surface area contributed by atoms with Crippen molar-refractivity contribution in [1.29, 1.82) is 0 Å². The number of nitrogens with zero attached hydrogens (tertiary/aromatic N) is 1. The summed E-state index contributed by atoms with van der Waals surface area (Å²) in [7, 11) is 0. The molecule has 0 radical (unpaired) electrons. The van der Waals surface area contributed by atoms with Gasteiger partial charge in [-0.3, -0.25) is 14.6 Å². The molecule has 2 N–H and O–H groups in total. The van der Waals surface area contributed by atoms with E-state index in [-0.39, 0.29) is 17.5 Å². The molecule has 0 aliphatic carbocycles. The number of benzene rings is 1. The Hall–Kier alpha value is -2.40. The Kier molecular flexibility index (Phi) is 5.71. The number of anilines is 1. The van der Waals surface area contributed by atoms with Crippen LogP contribution in [0.2, 0.25) is 5.02 Å². The lowest BCUT2D eigenvalue weighted by molar-refractivity contribution is 0.0944. The van der Waals surface area contributed by atoms with Crippen molar-refractivity contribution in [1.82, 2.24) is 10.3 Å². The summed E-state index contributed by atoms with van der Waals surface area (Å²) in [5.74, 6) is -0.310. The van der Waals surface area contributed by atoms with Crippen LogP contribution in [0.25, 0.3) is 0 Å². The van der Waals surface area contributed by atoms with E-state index in [0.29, 0.717) is 28.7 Å². The van der Waals surface area contributed by atoms with Gasteiger partial charge >= 0.3 is 0 Å². The highest BCUT2D eigenvalue weighted by molar-refractivity contribution is 6.33. The van der Waals surface area contributed by atoms with Crippen LogP contribution in [0.4, 0.5) is 5.69 Å². The lowest BCUT2D eigenvalue weighted by atomic mass is 10.2. The smallest absolute Gasteiger partial charge is 0.269 e. The number of rotatable bonds is 5. The Morgan fingerprint density at radius 2 is 1.91 bits per heavy atom. The third-order valence-corrected chi connectivity index (χ3v) is 3.38. The van der Waals surface area contributed by atoms with Crippen molar-refractivity contribution >= 4 is 29.1 Å². The molecule has 120 valence electrons. The van der Waals surface area contributed by atoms with Gasteiger partial charge in [-0.2, -0.15) is 0 Å². The third kappa shape index (κ3) is 4.79. The van der Waals surface area contributed by atoms with Crippen LogP contribution in [0.15, 0.2) is 42.6 Å². The molecule has 0 saturated heterocycles. The summed E-state index contributed by atoms with van der Waals surface area (Å²) >= 11 is 6.02. The molecule has 1 aromatic heterocycles. The van der Waals surface area contributed by atoms with Crippen molar-refractivity contribution in [3.8, 4) is 0 Å². The van der Waals surface area contributed by atoms with Crippen LogP contribution in [-0.4, -0.2) is 23.3 Å². The molecule has 2 rings (SSSR count). The van der Waals surface area contributed by atoms with Gasteiger partial charge in [0.2, 0.25) is 0 Å². The number of carbonyl (C=O) groups excluding carboxylic acids is 2. The molecular formula is C17H18ClN3O2. The fraction of sp³-hybridized carbons (Fsp3) is 0.235. The average Bonchev–Trinajstić information content (AvgIpc) is 2.54. The Bertz CT molecular complexity index is 716. The molecule has 0 bridgehead atoms. The summed E-state index contributed by atoms with van der Waals surface area (Å²) < 4.78 is 0. The summed E-state index contributed by atoms with van der Waals surface area (Å²) in [6.07, 6.45) is 1.44. The van der Waals surface area contributed by atoms with Crippen LogP contribution < -0.4 is 10.6 Å². The highest BCUT2D eigenvalue weighted by Gasteiger charge is 2.13. The standard InChI is InChI=1S/C17H18ClN3O2/c1-11(2)10-20-17(23)15-9-12(7-8-19-15)16(22)21-14-6-4-3-5-13(14)18/h3-9,11H,10H2,1-2H3,(H,20,23)(H,21,22). The van der Waals surface area contributed by atoms with E-state index in [1.807, 2.05) is 13.8 Å². The van der Waals surface area contributed by atoms with Crippen molar-refractivity contribution in [2.24, 2.45) is 5.92 Å². The Morgan fingerprint density at radius 1 is 1.17 bits per heavy atom. The maximum atomic E-state index is 12.3. The number of carbonyl (C=O) groups is 2. The van der Waals surface area contributed by atoms with E-state index in [1.165, 1.54) is 12.3 Å². The molecule has 0 saturated carbocycles. The number of halogens is 1. The van der Waals surface area contributed by atoms with Crippen molar-refractivity contribution in [3.63, 3.8) is 0 Å². The topological polar surface area (TPSA) is 71.1 Å². The zero-order valence-electron chi connectivity index (χ0n) is 13.0. The molecule has 0 aliphatic rings. The van der Waals surface area contributed by atoms with Gasteiger partial charge < -0.3 is 10.6 Å². The molecule has 0 aliphatic heterocycles. The summed E-state index contributed by atoms with van der Waals surface area (Å²) in [5.41, 5.74) is 1.06. The predicted molar refractivity (Wildman–Crippen MR) is 90.8 cm³/mol. The molecular weight excluding hydrogens is 314 g/mol. The van der Waals surface area contributed by atoms with Gasteiger partial charge in [0, 0.05) is 18.3 Å². The molecule has 0 fully saturated rings. The highest BCUT2D eigenvalue weighted by Crippen LogP contribution is 2.21. The van der Waals surface area contributed by atoms with E-state index in [0.717, 1.165) is 0 Å². The minimum atomic E-state index is -0.349. The van der Waals surface area contributed by atoms with Crippen LogP contribution >= 0.6 is 11.6 Å². The van der Waals surface area contributed by atoms with Crippen LogP contribution in [0.3, 0.4) is 0 Å². The number of para-hydroxylation sites is 1. The van der Waals surface area contributed by atoms with Gasteiger partial charge in [0.1, 0.15) is 5.69 Å². The Balaban J connectivity index is 2.11. The third-order valence-electron chi connectivity index (χ3n) is 3.05. The van der Waals surface area contributed by atoms with Crippen molar-refractivity contribution in [3.05, 3.63) is 58.9 Å². The molecule has 6 heteroatoms. The van der Waals surface area contributed by atoms with E-state index in [2.05, 4.69) is 15.6 Å². The normalized spacial score (nSPS) is 10.4. The summed E-state index contributed by atoms with van der Waals surface area (Å²) in [6.45, 7) is 4.55. The fourth-order valence-corrected chi connectivity index (χ4v) is 2.02. The molecule has 5 nitrogen and oxygen atoms in total. The minimum Gasteiger partial charge on any atom is -0.350 e. The van der Waals surface area contributed by atoms with Crippen molar-refractivity contribution in [2.45, 2.75) is 13.8 Å². The number of amides is 2. The number of hydrogen-bond donors (Lipinski definition) is 2. The van der Waals surface area contributed by atoms with E-state index < -0.39 is 0 Å². The summed E-state index contributed by atoms with van der Waals surface area (Å²) in [5, 5.41) is 5.93. The summed E-state index contributed by atoms with van der Waals surface area (Å²) in [4.78, 5) is 28.3. The average molecular weight is 332 g/mol. The van der Waals surface area contributed by atoms with E-state index in [9.17, 15) is 9.59 Å². The van der Waals surface area contributed by atoms with Gasteiger partial charge in [-0.15, -0.1) is 0 Å². The quantitative estimate of drug-likeness (QED) is 0.882. The van der Waals surface area contributed by atoms with Crippen LogP contribution in [0.5, 0.6) is 0 Å². The van der Waals surface area contributed by atoms with Gasteiger partial charge in [0.05, 0.1) is 10.7 Å².